The molecule has 4 nitrogen and oxygen atoms in total. The molecule has 0 aliphatic rings. The molecule has 0 saturated carbocycles. The number of hydrogen-bond acceptors (Lipinski definition) is 4. The summed E-state index contributed by atoms with van der Waals surface area (Å²) in [5.41, 5.74) is 0. The third-order valence-corrected chi connectivity index (χ3v) is 4.52. The average molecular weight is 305 g/mol. The summed E-state index contributed by atoms with van der Waals surface area (Å²) in [4.78, 5) is 0. The average Bonchev–Trinajstić information content (AvgIpc) is 2.31. The van der Waals surface area contributed by atoms with Crippen LogP contribution in [0.15, 0.2) is 0 Å². The monoisotopic (exact) mass is 305 g/mol. The standard InChI is InChI=1S/C11H22F3NO3S/c1-3-19(16,17)8-4-5-10(15-2)6-7-18-9-11(12,13)14/h10,15H,3-9H2,1-2H3. The highest BCUT2D eigenvalue weighted by atomic mass is 32.2. The number of sulfone groups is 1. The number of halogens is 3. The number of ether oxygens (including phenoxy) is 1. The van der Waals surface area contributed by atoms with Crippen LogP contribution in [0.1, 0.15) is 26.2 Å². The van der Waals surface area contributed by atoms with Gasteiger partial charge in [-0.2, -0.15) is 13.2 Å². The molecule has 0 rings (SSSR count). The molecule has 0 fully saturated rings. The SMILES string of the molecule is CCS(=O)(=O)CCCC(CCOCC(F)(F)F)NC. The molecule has 19 heavy (non-hydrogen) atoms. The van der Waals surface area contributed by atoms with Crippen LogP contribution in [-0.4, -0.2) is 52.4 Å². The van der Waals surface area contributed by atoms with Crippen LogP contribution in [0.3, 0.4) is 0 Å². The van der Waals surface area contributed by atoms with Crippen LogP contribution >= 0.6 is 0 Å². The lowest BCUT2D eigenvalue weighted by atomic mass is 10.1. The molecule has 0 aliphatic carbocycles. The van der Waals surface area contributed by atoms with Crippen LogP contribution in [0.5, 0.6) is 0 Å². The second kappa shape index (κ2) is 8.76. The molecule has 0 bridgehead atoms. The van der Waals surface area contributed by atoms with Crippen molar-refractivity contribution in [3.8, 4) is 0 Å². The Labute approximate surface area is 112 Å². The Hall–Kier alpha value is -0.340. The van der Waals surface area contributed by atoms with Crippen LogP contribution < -0.4 is 5.32 Å². The van der Waals surface area contributed by atoms with E-state index in [1.165, 1.54) is 0 Å². The predicted octanol–water partition coefficient (Wildman–Crippen LogP) is 1.76. The molecular weight excluding hydrogens is 283 g/mol. The van der Waals surface area contributed by atoms with Crippen LogP contribution in [0, 0.1) is 0 Å². The van der Waals surface area contributed by atoms with Crippen LogP contribution in [-0.2, 0) is 14.6 Å². The van der Waals surface area contributed by atoms with Gasteiger partial charge in [0.05, 0.1) is 5.75 Å². The highest BCUT2D eigenvalue weighted by Gasteiger charge is 2.27. The van der Waals surface area contributed by atoms with E-state index in [2.05, 4.69) is 10.1 Å². The zero-order chi connectivity index (χ0) is 14.9. The minimum absolute atomic E-state index is 0.00550. The maximum atomic E-state index is 11.8. The Bertz CT molecular complexity index is 331. The molecule has 0 heterocycles. The second-order valence-corrected chi connectivity index (χ2v) is 6.79. The fourth-order valence-corrected chi connectivity index (χ4v) is 2.44. The molecule has 0 aromatic carbocycles. The summed E-state index contributed by atoms with van der Waals surface area (Å²) in [6, 6.07) is -0.0275. The van der Waals surface area contributed by atoms with Crippen molar-refractivity contribution >= 4 is 9.84 Å². The number of rotatable bonds is 10. The number of hydrogen-bond donors (Lipinski definition) is 1. The van der Waals surface area contributed by atoms with Crippen molar-refractivity contribution in [3.63, 3.8) is 0 Å². The van der Waals surface area contributed by atoms with Gasteiger partial charge in [-0.1, -0.05) is 6.92 Å². The zero-order valence-electron chi connectivity index (χ0n) is 11.3. The van der Waals surface area contributed by atoms with Gasteiger partial charge in [-0.15, -0.1) is 0 Å². The normalized spacial score (nSPS) is 14.6. The Balaban J connectivity index is 3.78. The van der Waals surface area contributed by atoms with Gasteiger partial charge in [-0.3, -0.25) is 0 Å². The summed E-state index contributed by atoms with van der Waals surface area (Å²) in [5.74, 6) is 0.233. The third kappa shape index (κ3) is 11.2. The van der Waals surface area contributed by atoms with Crippen molar-refractivity contribution in [3.05, 3.63) is 0 Å². The Morgan fingerprint density at radius 3 is 2.37 bits per heavy atom. The quantitative estimate of drug-likeness (QED) is 0.625. The molecule has 1 atom stereocenters. The smallest absolute Gasteiger partial charge is 0.372 e. The van der Waals surface area contributed by atoms with Crippen LogP contribution in [0.4, 0.5) is 13.2 Å². The molecule has 0 aliphatic heterocycles. The molecule has 116 valence electrons. The van der Waals surface area contributed by atoms with Crippen LogP contribution in [0.2, 0.25) is 0 Å². The summed E-state index contributed by atoms with van der Waals surface area (Å²) in [6.07, 6.45) is -2.77. The third-order valence-electron chi connectivity index (χ3n) is 2.73. The molecule has 0 amide bonds. The van der Waals surface area contributed by atoms with Gasteiger partial charge in [0.2, 0.25) is 0 Å². The van der Waals surface area contributed by atoms with Gasteiger partial charge in [0, 0.05) is 18.4 Å². The maximum Gasteiger partial charge on any atom is 0.411 e. The van der Waals surface area contributed by atoms with Gasteiger partial charge in [0.15, 0.2) is 0 Å². The summed E-state index contributed by atoms with van der Waals surface area (Å²) in [5, 5.41) is 2.95. The van der Waals surface area contributed by atoms with E-state index in [9.17, 15) is 21.6 Å². The summed E-state index contributed by atoms with van der Waals surface area (Å²) >= 11 is 0. The van der Waals surface area contributed by atoms with Crippen molar-refractivity contribution in [1.29, 1.82) is 0 Å². The highest BCUT2D eigenvalue weighted by Crippen LogP contribution is 2.14. The summed E-state index contributed by atoms with van der Waals surface area (Å²) in [7, 11) is -1.28. The Morgan fingerprint density at radius 1 is 1.26 bits per heavy atom. The van der Waals surface area contributed by atoms with E-state index in [0.717, 1.165) is 0 Å². The van der Waals surface area contributed by atoms with Crippen molar-refractivity contribution < 1.29 is 26.3 Å². The van der Waals surface area contributed by atoms with Crippen molar-refractivity contribution in [2.24, 2.45) is 0 Å². The fraction of sp³-hybridized carbons (Fsp3) is 1.00. The van der Waals surface area contributed by atoms with Crippen molar-refractivity contribution in [1.82, 2.24) is 5.32 Å². The first-order chi connectivity index (χ1) is 8.70. The van der Waals surface area contributed by atoms with Gasteiger partial charge in [0.25, 0.3) is 0 Å². The van der Waals surface area contributed by atoms with Crippen molar-refractivity contribution in [2.45, 2.75) is 38.4 Å². The van der Waals surface area contributed by atoms with E-state index in [1.54, 1.807) is 14.0 Å². The lowest BCUT2D eigenvalue weighted by Gasteiger charge is -2.16. The first-order valence-electron chi connectivity index (χ1n) is 6.22. The Kier molecular flexibility index (Phi) is 8.60. The maximum absolute atomic E-state index is 11.8. The highest BCUT2D eigenvalue weighted by molar-refractivity contribution is 7.91. The van der Waals surface area contributed by atoms with Gasteiger partial charge >= 0.3 is 6.18 Å². The molecule has 1 N–H and O–H groups in total. The van der Waals surface area contributed by atoms with E-state index >= 15 is 0 Å². The van der Waals surface area contributed by atoms with Gasteiger partial charge in [-0.05, 0) is 26.3 Å². The second-order valence-electron chi connectivity index (χ2n) is 4.32. The topological polar surface area (TPSA) is 55.4 Å². The van der Waals surface area contributed by atoms with Gasteiger partial charge in [-0.25, -0.2) is 8.42 Å². The lowest BCUT2D eigenvalue weighted by Crippen LogP contribution is -2.28. The first-order valence-corrected chi connectivity index (χ1v) is 8.04. The molecule has 8 heteroatoms. The summed E-state index contributed by atoms with van der Waals surface area (Å²) in [6.45, 7) is 0.356. The van der Waals surface area contributed by atoms with E-state index in [4.69, 9.17) is 0 Å². The largest absolute Gasteiger partial charge is 0.411 e. The fourth-order valence-electron chi connectivity index (χ4n) is 1.54. The van der Waals surface area contributed by atoms with Crippen molar-refractivity contribution in [2.75, 3.05) is 31.8 Å². The molecule has 0 aromatic heterocycles. The van der Waals surface area contributed by atoms with Gasteiger partial charge < -0.3 is 10.1 Å². The minimum atomic E-state index is -4.30. The predicted molar refractivity (Wildman–Crippen MR) is 67.9 cm³/mol. The number of nitrogens with one attached hydrogen (secondary N) is 1. The van der Waals surface area contributed by atoms with E-state index in [0.29, 0.717) is 19.3 Å². The van der Waals surface area contributed by atoms with E-state index in [-0.39, 0.29) is 24.2 Å². The minimum Gasteiger partial charge on any atom is -0.372 e. The number of alkyl halides is 3. The molecule has 0 spiro atoms. The molecule has 0 radical (unpaired) electrons. The molecular formula is C11H22F3NO3S. The van der Waals surface area contributed by atoms with Crippen LogP contribution in [0.25, 0.3) is 0 Å². The first kappa shape index (κ1) is 18.7. The lowest BCUT2D eigenvalue weighted by molar-refractivity contribution is -0.174. The van der Waals surface area contributed by atoms with Gasteiger partial charge in [0.1, 0.15) is 16.4 Å². The molecule has 0 saturated heterocycles. The molecule has 0 aromatic rings. The summed E-state index contributed by atoms with van der Waals surface area (Å²) < 4.78 is 62.5. The van der Waals surface area contributed by atoms with E-state index < -0.39 is 22.6 Å². The Morgan fingerprint density at radius 2 is 1.89 bits per heavy atom. The van der Waals surface area contributed by atoms with E-state index in [1.807, 2.05) is 0 Å². The zero-order valence-corrected chi connectivity index (χ0v) is 12.1. The molecule has 1 unspecified atom stereocenters.